The summed E-state index contributed by atoms with van der Waals surface area (Å²) < 4.78 is 5.43. The van der Waals surface area contributed by atoms with Gasteiger partial charge in [-0.1, -0.05) is 26.7 Å². The van der Waals surface area contributed by atoms with E-state index in [2.05, 4.69) is 13.8 Å². The minimum absolute atomic E-state index is 0.144. The summed E-state index contributed by atoms with van der Waals surface area (Å²) in [5.74, 6) is -0.217. The van der Waals surface area contributed by atoms with Crippen LogP contribution < -0.4 is 0 Å². The average molecular weight is 214 g/mol. The molecule has 3 atom stereocenters. The van der Waals surface area contributed by atoms with Gasteiger partial charge in [-0.25, -0.2) is 0 Å². The molecule has 3 nitrogen and oxygen atoms in total. The van der Waals surface area contributed by atoms with Crippen molar-refractivity contribution in [3.63, 3.8) is 0 Å². The topological polar surface area (TPSA) is 46.5 Å². The fraction of sp³-hybridized carbons (Fsp3) is 0.917. The molecule has 0 amide bonds. The molecule has 1 aliphatic rings. The lowest BCUT2D eigenvalue weighted by atomic mass is 9.74. The van der Waals surface area contributed by atoms with E-state index in [-0.39, 0.29) is 6.10 Å². The Balaban J connectivity index is 2.70. The maximum atomic E-state index is 11.4. The molecule has 1 saturated heterocycles. The van der Waals surface area contributed by atoms with Gasteiger partial charge in [0, 0.05) is 6.61 Å². The molecule has 1 rings (SSSR count). The maximum absolute atomic E-state index is 11.4. The van der Waals surface area contributed by atoms with E-state index in [1.165, 1.54) is 0 Å². The highest BCUT2D eigenvalue weighted by molar-refractivity contribution is 5.75. The van der Waals surface area contributed by atoms with Crippen LogP contribution in [-0.2, 0) is 9.53 Å². The second kappa shape index (κ2) is 4.97. The average Bonchev–Trinajstić information content (AvgIpc) is 2.49. The molecule has 0 aromatic rings. The van der Waals surface area contributed by atoms with Crippen LogP contribution in [0.15, 0.2) is 0 Å². The Morgan fingerprint density at radius 3 is 2.73 bits per heavy atom. The summed E-state index contributed by atoms with van der Waals surface area (Å²) in [6.07, 6.45) is 3.48. The minimum Gasteiger partial charge on any atom is -0.481 e. The number of rotatable bonds is 5. The van der Waals surface area contributed by atoms with E-state index in [0.29, 0.717) is 18.9 Å². The van der Waals surface area contributed by atoms with Crippen molar-refractivity contribution in [1.82, 2.24) is 0 Å². The van der Waals surface area contributed by atoms with Crippen molar-refractivity contribution in [3.05, 3.63) is 0 Å². The van der Waals surface area contributed by atoms with Gasteiger partial charge in [0.1, 0.15) is 0 Å². The predicted molar refractivity (Wildman–Crippen MR) is 58.8 cm³/mol. The van der Waals surface area contributed by atoms with E-state index >= 15 is 0 Å². The molecule has 1 N–H and O–H groups in total. The van der Waals surface area contributed by atoms with Gasteiger partial charge in [0.05, 0.1) is 11.5 Å². The van der Waals surface area contributed by atoms with E-state index in [4.69, 9.17) is 4.74 Å². The second-order valence-corrected chi connectivity index (χ2v) is 4.82. The Bertz CT molecular complexity index is 227. The van der Waals surface area contributed by atoms with Crippen LogP contribution in [0.1, 0.15) is 46.5 Å². The first kappa shape index (κ1) is 12.5. The molecular weight excluding hydrogens is 192 g/mol. The van der Waals surface area contributed by atoms with Gasteiger partial charge in [0.25, 0.3) is 0 Å². The van der Waals surface area contributed by atoms with E-state index in [9.17, 15) is 9.90 Å². The number of carboxylic acid groups (broad SMARTS) is 1. The van der Waals surface area contributed by atoms with Crippen LogP contribution in [0, 0.1) is 11.3 Å². The highest BCUT2D eigenvalue weighted by Crippen LogP contribution is 2.41. The zero-order chi connectivity index (χ0) is 11.5. The Kier molecular flexibility index (Phi) is 4.14. The lowest BCUT2D eigenvalue weighted by Crippen LogP contribution is -2.38. The highest BCUT2D eigenvalue weighted by atomic mass is 16.5. The lowest BCUT2D eigenvalue weighted by Gasteiger charge is -2.30. The molecule has 0 spiro atoms. The molecule has 0 aromatic heterocycles. The zero-order valence-electron chi connectivity index (χ0n) is 9.95. The molecule has 0 bridgehead atoms. The van der Waals surface area contributed by atoms with E-state index < -0.39 is 11.4 Å². The molecular formula is C12H22O3. The molecule has 0 aliphatic carbocycles. The maximum Gasteiger partial charge on any atom is 0.312 e. The molecule has 0 radical (unpaired) electrons. The molecule has 3 heteroatoms. The molecule has 1 fully saturated rings. The SMILES string of the molecule is CCCC(C)CC1(C(=O)O)CCOC1C. The van der Waals surface area contributed by atoms with Gasteiger partial charge >= 0.3 is 5.97 Å². The Hall–Kier alpha value is -0.570. The molecule has 0 saturated carbocycles. The van der Waals surface area contributed by atoms with Crippen molar-refractivity contribution in [2.24, 2.45) is 11.3 Å². The van der Waals surface area contributed by atoms with Crippen molar-refractivity contribution in [2.45, 2.75) is 52.6 Å². The fourth-order valence-corrected chi connectivity index (χ4v) is 2.63. The van der Waals surface area contributed by atoms with Crippen LogP contribution in [0.4, 0.5) is 0 Å². The second-order valence-electron chi connectivity index (χ2n) is 4.82. The third-order valence-electron chi connectivity index (χ3n) is 3.61. The van der Waals surface area contributed by atoms with Crippen molar-refractivity contribution in [2.75, 3.05) is 6.61 Å². The first-order valence-electron chi connectivity index (χ1n) is 5.88. The van der Waals surface area contributed by atoms with Gasteiger partial charge in [-0.3, -0.25) is 4.79 Å². The van der Waals surface area contributed by atoms with Gasteiger partial charge in [0.15, 0.2) is 0 Å². The first-order chi connectivity index (χ1) is 7.03. The summed E-state index contributed by atoms with van der Waals surface area (Å²) >= 11 is 0. The summed E-state index contributed by atoms with van der Waals surface area (Å²) in [4.78, 5) is 11.4. The summed E-state index contributed by atoms with van der Waals surface area (Å²) in [6.45, 7) is 6.75. The number of carbonyl (C=O) groups is 1. The number of hydrogen-bond acceptors (Lipinski definition) is 2. The van der Waals surface area contributed by atoms with Gasteiger partial charge in [-0.15, -0.1) is 0 Å². The van der Waals surface area contributed by atoms with Crippen molar-refractivity contribution < 1.29 is 14.6 Å². The number of carboxylic acids is 1. The smallest absolute Gasteiger partial charge is 0.312 e. The Morgan fingerprint density at radius 2 is 2.33 bits per heavy atom. The van der Waals surface area contributed by atoms with Crippen LogP contribution in [0.25, 0.3) is 0 Å². The normalized spacial score (nSPS) is 32.9. The van der Waals surface area contributed by atoms with Gasteiger partial charge in [0.2, 0.25) is 0 Å². The van der Waals surface area contributed by atoms with Crippen LogP contribution >= 0.6 is 0 Å². The zero-order valence-corrected chi connectivity index (χ0v) is 9.95. The third kappa shape index (κ3) is 2.51. The van der Waals surface area contributed by atoms with E-state index in [0.717, 1.165) is 19.3 Å². The summed E-state index contributed by atoms with van der Waals surface area (Å²) in [7, 11) is 0. The fourth-order valence-electron chi connectivity index (χ4n) is 2.63. The van der Waals surface area contributed by atoms with Crippen LogP contribution in [0.2, 0.25) is 0 Å². The first-order valence-corrected chi connectivity index (χ1v) is 5.88. The standard InChI is InChI=1S/C12H22O3/c1-4-5-9(2)8-12(11(13)14)6-7-15-10(12)3/h9-10H,4-8H2,1-3H3,(H,13,14). The van der Waals surface area contributed by atoms with Gasteiger partial charge < -0.3 is 9.84 Å². The van der Waals surface area contributed by atoms with Crippen molar-refractivity contribution in [1.29, 1.82) is 0 Å². The lowest BCUT2D eigenvalue weighted by molar-refractivity contribution is -0.153. The van der Waals surface area contributed by atoms with E-state index in [1.54, 1.807) is 0 Å². The molecule has 3 unspecified atom stereocenters. The van der Waals surface area contributed by atoms with Gasteiger partial charge in [-0.2, -0.15) is 0 Å². The Labute approximate surface area is 91.8 Å². The molecule has 15 heavy (non-hydrogen) atoms. The molecule has 1 aliphatic heterocycles. The Morgan fingerprint density at radius 1 is 1.67 bits per heavy atom. The molecule has 1 heterocycles. The van der Waals surface area contributed by atoms with E-state index in [1.807, 2.05) is 6.92 Å². The summed E-state index contributed by atoms with van der Waals surface area (Å²) in [6, 6.07) is 0. The van der Waals surface area contributed by atoms with Crippen molar-refractivity contribution >= 4 is 5.97 Å². The molecule has 0 aromatic carbocycles. The van der Waals surface area contributed by atoms with Crippen LogP contribution in [0.5, 0.6) is 0 Å². The van der Waals surface area contributed by atoms with Crippen LogP contribution in [-0.4, -0.2) is 23.8 Å². The predicted octanol–water partition coefficient (Wildman–Crippen LogP) is 2.69. The summed E-state index contributed by atoms with van der Waals surface area (Å²) in [5, 5.41) is 9.37. The van der Waals surface area contributed by atoms with Crippen molar-refractivity contribution in [3.8, 4) is 0 Å². The van der Waals surface area contributed by atoms with Crippen LogP contribution in [0.3, 0.4) is 0 Å². The third-order valence-corrected chi connectivity index (χ3v) is 3.61. The quantitative estimate of drug-likeness (QED) is 0.765. The number of aliphatic carboxylic acids is 1. The number of ether oxygens (including phenoxy) is 1. The largest absolute Gasteiger partial charge is 0.481 e. The summed E-state index contributed by atoms with van der Waals surface area (Å²) in [5.41, 5.74) is -0.630. The highest BCUT2D eigenvalue weighted by Gasteiger charge is 2.48. The monoisotopic (exact) mass is 214 g/mol. The molecule has 88 valence electrons. The minimum atomic E-state index is -0.685. The number of hydrogen-bond donors (Lipinski definition) is 1. The van der Waals surface area contributed by atoms with Gasteiger partial charge in [-0.05, 0) is 25.7 Å².